The monoisotopic (exact) mass is 370 g/mol. The number of hydrogen-bond donors (Lipinski definition) is 2. The lowest BCUT2D eigenvalue weighted by Crippen LogP contribution is -2.43. The second kappa shape index (κ2) is 8.35. The average Bonchev–Trinajstić information content (AvgIpc) is 3.24. The van der Waals surface area contributed by atoms with Crippen molar-refractivity contribution < 1.29 is 14.7 Å². The molecule has 1 unspecified atom stereocenters. The minimum absolute atomic E-state index is 0.118. The van der Waals surface area contributed by atoms with Crippen LogP contribution in [0.2, 0.25) is 0 Å². The van der Waals surface area contributed by atoms with Crippen LogP contribution >= 0.6 is 0 Å². The first-order chi connectivity index (χ1) is 13.0. The van der Waals surface area contributed by atoms with E-state index in [2.05, 4.69) is 5.32 Å². The van der Waals surface area contributed by atoms with E-state index in [-0.39, 0.29) is 5.91 Å². The van der Waals surface area contributed by atoms with Crippen LogP contribution in [0.25, 0.3) is 5.69 Å². The topological polar surface area (TPSA) is 87.5 Å². The summed E-state index contributed by atoms with van der Waals surface area (Å²) in [5.74, 6) is -0.996. The van der Waals surface area contributed by atoms with Gasteiger partial charge in [-0.3, -0.25) is 14.5 Å². The van der Waals surface area contributed by atoms with E-state index in [9.17, 15) is 14.7 Å². The van der Waals surface area contributed by atoms with Gasteiger partial charge in [0, 0.05) is 32.3 Å². The van der Waals surface area contributed by atoms with Crippen molar-refractivity contribution in [2.75, 3.05) is 13.1 Å². The molecule has 1 amide bonds. The van der Waals surface area contributed by atoms with Crippen molar-refractivity contribution in [1.29, 1.82) is 0 Å². The second-order valence-corrected chi connectivity index (χ2v) is 6.94. The number of nitrogens with one attached hydrogen (secondary N) is 1. The molecule has 2 aromatic rings. The van der Waals surface area contributed by atoms with Crippen LogP contribution in [0, 0.1) is 0 Å². The number of carboxylic acids is 1. The number of aliphatic carboxylic acids is 1. The molecule has 0 spiro atoms. The van der Waals surface area contributed by atoms with Gasteiger partial charge < -0.3 is 10.4 Å². The van der Waals surface area contributed by atoms with Crippen LogP contribution < -0.4 is 5.32 Å². The largest absolute Gasteiger partial charge is 0.480 e. The summed E-state index contributed by atoms with van der Waals surface area (Å²) in [5, 5.41) is 17.0. The SMILES string of the molecule is CC(=O)NCCN(Cc1nn(-c2ccccc2)c2c1CCC2)C(C)C(=O)O. The fraction of sp³-hybridized carbons (Fsp3) is 0.450. The van der Waals surface area contributed by atoms with Gasteiger partial charge >= 0.3 is 5.97 Å². The molecule has 0 saturated carbocycles. The highest BCUT2D eigenvalue weighted by Crippen LogP contribution is 2.28. The fourth-order valence-corrected chi connectivity index (χ4v) is 3.56. The molecule has 7 nitrogen and oxygen atoms in total. The number of carbonyl (C=O) groups excluding carboxylic acids is 1. The zero-order chi connectivity index (χ0) is 19.4. The minimum atomic E-state index is -0.878. The van der Waals surface area contributed by atoms with E-state index in [1.54, 1.807) is 6.92 Å². The van der Waals surface area contributed by atoms with Crippen molar-refractivity contribution in [2.24, 2.45) is 0 Å². The van der Waals surface area contributed by atoms with Crippen LogP contribution in [0.15, 0.2) is 30.3 Å². The van der Waals surface area contributed by atoms with Gasteiger partial charge in [-0.1, -0.05) is 18.2 Å². The number of carboxylic acid groups (broad SMARTS) is 1. The highest BCUT2D eigenvalue weighted by atomic mass is 16.4. The van der Waals surface area contributed by atoms with Crippen molar-refractivity contribution in [3.63, 3.8) is 0 Å². The number of amides is 1. The van der Waals surface area contributed by atoms with E-state index in [1.165, 1.54) is 18.2 Å². The van der Waals surface area contributed by atoms with Crippen LogP contribution in [0.4, 0.5) is 0 Å². The van der Waals surface area contributed by atoms with Crippen LogP contribution in [-0.4, -0.2) is 50.8 Å². The summed E-state index contributed by atoms with van der Waals surface area (Å²) >= 11 is 0. The van der Waals surface area contributed by atoms with Gasteiger partial charge in [0.2, 0.25) is 5.91 Å². The number of fused-ring (bicyclic) bond motifs is 1. The fourth-order valence-electron chi connectivity index (χ4n) is 3.56. The van der Waals surface area contributed by atoms with E-state index in [0.29, 0.717) is 19.6 Å². The number of hydrogen-bond acceptors (Lipinski definition) is 4. The van der Waals surface area contributed by atoms with E-state index >= 15 is 0 Å². The Morgan fingerprint density at radius 3 is 2.70 bits per heavy atom. The summed E-state index contributed by atoms with van der Waals surface area (Å²) in [7, 11) is 0. The molecular weight excluding hydrogens is 344 g/mol. The number of nitrogens with zero attached hydrogens (tertiary/aromatic N) is 3. The third-order valence-electron chi connectivity index (χ3n) is 5.05. The minimum Gasteiger partial charge on any atom is -0.480 e. The third kappa shape index (κ3) is 4.36. The lowest BCUT2D eigenvalue weighted by Gasteiger charge is -2.25. The molecule has 0 radical (unpaired) electrons. The van der Waals surface area contributed by atoms with Crippen molar-refractivity contribution in [3.05, 3.63) is 47.3 Å². The average molecular weight is 370 g/mol. The number of rotatable bonds is 8. The molecule has 3 rings (SSSR count). The quantitative estimate of drug-likeness (QED) is 0.739. The Balaban J connectivity index is 1.85. The maximum atomic E-state index is 11.5. The lowest BCUT2D eigenvalue weighted by molar-refractivity contribution is -0.142. The Labute approximate surface area is 159 Å². The molecule has 0 aliphatic heterocycles. The van der Waals surface area contributed by atoms with Crippen LogP contribution in [-0.2, 0) is 29.0 Å². The second-order valence-electron chi connectivity index (χ2n) is 6.94. The van der Waals surface area contributed by atoms with Gasteiger partial charge in [0.15, 0.2) is 0 Å². The molecule has 1 atom stereocenters. The Kier molecular flexibility index (Phi) is 5.91. The molecule has 0 saturated heterocycles. The predicted molar refractivity (Wildman–Crippen MR) is 102 cm³/mol. The normalized spacial score (nSPS) is 14.2. The summed E-state index contributed by atoms with van der Waals surface area (Å²) in [6.07, 6.45) is 3.05. The highest BCUT2D eigenvalue weighted by Gasteiger charge is 2.27. The Hall–Kier alpha value is -2.67. The van der Waals surface area contributed by atoms with Gasteiger partial charge in [-0.2, -0.15) is 5.10 Å². The van der Waals surface area contributed by atoms with E-state index in [4.69, 9.17) is 5.10 Å². The van der Waals surface area contributed by atoms with E-state index in [1.807, 2.05) is 39.9 Å². The van der Waals surface area contributed by atoms with Crippen LogP contribution in [0.5, 0.6) is 0 Å². The molecule has 1 heterocycles. The van der Waals surface area contributed by atoms with E-state index < -0.39 is 12.0 Å². The summed E-state index contributed by atoms with van der Waals surface area (Å²) < 4.78 is 2.00. The predicted octanol–water partition coefficient (Wildman–Crippen LogP) is 1.77. The summed E-state index contributed by atoms with van der Waals surface area (Å²) in [5.41, 5.74) is 4.42. The molecule has 1 aliphatic rings. The maximum Gasteiger partial charge on any atom is 0.320 e. The highest BCUT2D eigenvalue weighted by molar-refractivity contribution is 5.73. The number of benzene rings is 1. The van der Waals surface area contributed by atoms with Gasteiger partial charge in [-0.05, 0) is 43.9 Å². The Morgan fingerprint density at radius 2 is 2.04 bits per heavy atom. The third-order valence-corrected chi connectivity index (χ3v) is 5.05. The lowest BCUT2D eigenvalue weighted by atomic mass is 10.1. The van der Waals surface area contributed by atoms with Gasteiger partial charge in [0.1, 0.15) is 6.04 Å². The smallest absolute Gasteiger partial charge is 0.320 e. The molecule has 0 fully saturated rings. The van der Waals surface area contributed by atoms with Crippen molar-refractivity contribution in [2.45, 2.75) is 45.7 Å². The van der Waals surface area contributed by atoms with E-state index in [0.717, 1.165) is 30.6 Å². The first-order valence-electron chi connectivity index (χ1n) is 9.33. The maximum absolute atomic E-state index is 11.5. The standard InChI is InChI=1S/C20H26N4O3/c1-14(20(26)27)23(12-11-21-15(2)25)13-18-17-9-6-10-19(17)24(22-18)16-7-4-3-5-8-16/h3-5,7-8,14H,6,9-13H2,1-2H3,(H,21,25)(H,26,27). The molecule has 1 aliphatic carbocycles. The molecule has 1 aromatic heterocycles. The number of para-hydroxylation sites is 1. The zero-order valence-corrected chi connectivity index (χ0v) is 15.8. The molecule has 1 aromatic carbocycles. The molecule has 27 heavy (non-hydrogen) atoms. The summed E-state index contributed by atoms with van der Waals surface area (Å²) in [4.78, 5) is 24.5. The molecule has 0 bridgehead atoms. The first kappa shape index (κ1) is 19.1. The summed E-state index contributed by atoms with van der Waals surface area (Å²) in [6, 6.07) is 9.37. The van der Waals surface area contributed by atoms with Crippen molar-refractivity contribution in [1.82, 2.24) is 20.0 Å². The van der Waals surface area contributed by atoms with Crippen molar-refractivity contribution >= 4 is 11.9 Å². The van der Waals surface area contributed by atoms with Crippen LogP contribution in [0.3, 0.4) is 0 Å². The Morgan fingerprint density at radius 1 is 1.30 bits per heavy atom. The van der Waals surface area contributed by atoms with Gasteiger partial charge in [-0.25, -0.2) is 4.68 Å². The molecule has 144 valence electrons. The van der Waals surface area contributed by atoms with Crippen LogP contribution in [0.1, 0.15) is 37.2 Å². The first-order valence-corrected chi connectivity index (χ1v) is 9.33. The molecule has 2 N–H and O–H groups in total. The van der Waals surface area contributed by atoms with Gasteiger partial charge in [0.05, 0.1) is 11.4 Å². The number of carbonyl (C=O) groups is 2. The summed E-state index contributed by atoms with van der Waals surface area (Å²) in [6.45, 7) is 4.45. The molecular formula is C20H26N4O3. The Bertz CT molecular complexity index is 816. The van der Waals surface area contributed by atoms with Crippen molar-refractivity contribution in [3.8, 4) is 5.69 Å². The molecule has 7 heteroatoms. The zero-order valence-electron chi connectivity index (χ0n) is 15.8. The van der Waals surface area contributed by atoms with Gasteiger partial charge in [-0.15, -0.1) is 0 Å². The number of aromatic nitrogens is 2. The van der Waals surface area contributed by atoms with Gasteiger partial charge in [0.25, 0.3) is 0 Å².